The van der Waals surface area contributed by atoms with Crippen molar-refractivity contribution in [3.8, 4) is 6.07 Å². The van der Waals surface area contributed by atoms with E-state index in [4.69, 9.17) is 20.8 Å². The number of amides is 1. The maximum absolute atomic E-state index is 12.4. The molecule has 0 fully saturated rings. The topological polar surface area (TPSA) is 92.3 Å². The number of hydrogen-bond donors (Lipinski definition) is 1. The third-order valence-corrected chi connectivity index (χ3v) is 4.82. The van der Waals surface area contributed by atoms with E-state index < -0.39 is 23.5 Å². The van der Waals surface area contributed by atoms with E-state index in [9.17, 15) is 14.9 Å². The van der Waals surface area contributed by atoms with Crippen molar-refractivity contribution in [2.24, 2.45) is 5.92 Å². The molecule has 7 heteroatoms. The molecule has 0 saturated heterocycles. The maximum atomic E-state index is 12.4. The summed E-state index contributed by atoms with van der Waals surface area (Å²) in [5.74, 6) is -1.43. The van der Waals surface area contributed by atoms with Gasteiger partial charge in [-0.2, -0.15) is 5.26 Å². The summed E-state index contributed by atoms with van der Waals surface area (Å²) in [6, 6.07) is 7.28. The summed E-state index contributed by atoms with van der Waals surface area (Å²) in [7, 11) is 0. The van der Waals surface area contributed by atoms with Crippen LogP contribution in [0.25, 0.3) is 11.0 Å². The van der Waals surface area contributed by atoms with Crippen LogP contribution in [-0.2, 0) is 9.53 Å². The molecule has 0 radical (unpaired) electrons. The minimum absolute atomic E-state index is 0.000320. The Bertz CT molecular complexity index is 897. The molecule has 1 N–H and O–H groups in total. The van der Waals surface area contributed by atoms with Crippen molar-refractivity contribution >= 4 is 34.4 Å². The zero-order valence-electron chi connectivity index (χ0n) is 15.3. The van der Waals surface area contributed by atoms with Gasteiger partial charge in [0.2, 0.25) is 5.76 Å². The van der Waals surface area contributed by atoms with Gasteiger partial charge in [-0.1, -0.05) is 37.6 Å². The third kappa shape index (κ3) is 3.68. The smallest absolute Gasteiger partial charge is 0.375 e. The van der Waals surface area contributed by atoms with E-state index in [-0.39, 0.29) is 11.7 Å². The fourth-order valence-electron chi connectivity index (χ4n) is 2.33. The average Bonchev–Trinajstić information content (AvgIpc) is 2.93. The maximum Gasteiger partial charge on any atom is 0.375 e. The van der Waals surface area contributed by atoms with Crippen LogP contribution >= 0.6 is 11.6 Å². The van der Waals surface area contributed by atoms with E-state index in [0.717, 1.165) is 0 Å². The number of carbonyl (C=O) groups excluding carboxylic acids is 2. The second-order valence-electron chi connectivity index (χ2n) is 6.68. The summed E-state index contributed by atoms with van der Waals surface area (Å²) < 4.78 is 10.8. The number of aryl methyl sites for hydroxylation is 1. The summed E-state index contributed by atoms with van der Waals surface area (Å²) in [5.41, 5.74) is -0.0719. The van der Waals surface area contributed by atoms with E-state index in [1.165, 1.54) is 6.92 Å². The van der Waals surface area contributed by atoms with Crippen LogP contribution in [0.5, 0.6) is 0 Å². The molecule has 1 aromatic heterocycles. The van der Waals surface area contributed by atoms with Gasteiger partial charge in [-0.15, -0.1) is 0 Å². The van der Waals surface area contributed by atoms with Crippen molar-refractivity contribution in [3.05, 3.63) is 34.5 Å². The highest BCUT2D eigenvalue weighted by Gasteiger charge is 2.33. The number of halogens is 1. The van der Waals surface area contributed by atoms with E-state index in [1.54, 1.807) is 32.0 Å². The van der Waals surface area contributed by atoms with Gasteiger partial charge >= 0.3 is 5.97 Å². The first-order valence-electron chi connectivity index (χ1n) is 8.22. The second-order valence-corrected chi connectivity index (χ2v) is 7.09. The summed E-state index contributed by atoms with van der Waals surface area (Å²) in [5, 5.41) is 13.0. The zero-order chi connectivity index (χ0) is 19.6. The van der Waals surface area contributed by atoms with Crippen LogP contribution in [0.2, 0.25) is 5.02 Å². The Hall–Kier alpha value is -2.52. The molecule has 0 unspecified atom stereocenters. The molecule has 2 aromatic rings. The lowest BCUT2D eigenvalue weighted by Gasteiger charge is -2.28. The van der Waals surface area contributed by atoms with Gasteiger partial charge in [0, 0.05) is 10.9 Å². The van der Waals surface area contributed by atoms with Gasteiger partial charge in [-0.05, 0) is 32.8 Å². The molecular weight excluding hydrogens is 356 g/mol. The number of hydrogen-bond acceptors (Lipinski definition) is 5. The number of nitrogens with one attached hydrogen (secondary N) is 1. The fourth-order valence-corrected chi connectivity index (χ4v) is 2.54. The average molecular weight is 377 g/mol. The van der Waals surface area contributed by atoms with Gasteiger partial charge in [-0.25, -0.2) is 4.79 Å². The van der Waals surface area contributed by atoms with Gasteiger partial charge in [0.1, 0.15) is 5.54 Å². The Morgan fingerprint density at radius 3 is 2.54 bits per heavy atom. The van der Waals surface area contributed by atoms with Crippen molar-refractivity contribution in [2.45, 2.75) is 46.3 Å². The normalized spacial score (nSPS) is 14.5. The second kappa shape index (κ2) is 7.38. The Labute approximate surface area is 157 Å². The molecule has 26 heavy (non-hydrogen) atoms. The molecule has 0 saturated carbocycles. The van der Waals surface area contributed by atoms with Crippen LogP contribution in [0.15, 0.2) is 22.6 Å². The van der Waals surface area contributed by atoms with Gasteiger partial charge < -0.3 is 14.5 Å². The lowest BCUT2D eigenvalue weighted by Crippen LogP contribution is -2.52. The summed E-state index contributed by atoms with van der Waals surface area (Å²) in [6.45, 7) is 8.42. The highest BCUT2D eigenvalue weighted by molar-refractivity contribution is 6.35. The molecule has 138 valence electrons. The summed E-state index contributed by atoms with van der Waals surface area (Å²) in [6.07, 6.45) is -1.09. The van der Waals surface area contributed by atoms with Gasteiger partial charge in [-0.3, -0.25) is 4.79 Å². The molecule has 0 bridgehead atoms. The van der Waals surface area contributed by atoms with Crippen LogP contribution in [0.4, 0.5) is 0 Å². The van der Waals surface area contributed by atoms with Gasteiger partial charge in [0.05, 0.1) is 11.1 Å². The van der Waals surface area contributed by atoms with Crippen molar-refractivity contribution in [1.82, 2.24) is 5.32 Å². The molecule has 0 aliphatic heterocycles. The first kappa shape index (κ1) is 19.8. The SMILES string of the molecule is Cc1c(C(=O)O[C@@H](C)C(=O)N[C@@](C)(C#N)C(C)C)oc2c(Cl)cccc12. The predicted molar refractivity (Wildman–Crippen MR) is 97.8 cm³/mol. The lowest BCUT2D eigenvalue weighted by atomic mass is 9.90. The highest BCUT2D eigenvalue weighted by atomic mass is 35.5. The first-order valence-corrected chi connectivity index (χ1v) is 8.60. The van der Waals surface area contributed by atoms with Gasteiger partial charge in [0.15, 0.2) is 11.7 Å². The standard InChI is InChI=1S/C19H21ClN2O4/c1-10(2)19(5,9-21)22-17(23)12(4)25-18(24)15-11(3)13-7-6-8-14(20)16(13)26-15/h6-8,10,12H,1-5H3,(H,22,23)/t12-,19-/m0/s1. The fraction of sp³-hybridized carbons (Fsp3) is 0.421. The molecule has 1 amide bonds. The van der Waals surface area contributed by atoms with E-state index in [1.807, 2.05) is 13.8 Å². The molecule has 1 aromatic carbocycles. The number of nitrogens with zero attached hydrogens (tertiary/aromatic N) is 1. The minimum Gasteiger partial charge on any atom is -0.447 e. The van der Waals surface area contributed by atoms with Crippen molar-refractivity contribution in [2.75, 3.05) is 0 Å². The number of rotatable bonds is 5. The van der Waals surface area contributed by atoms with E-state index in [0.29, 0.717) is 21.6 Å². The largest absolute Gasteiger partial charge is 0.447 e. The molecule has 0 spiro atoms. The number of benzene rings is 1. The molecular formula is C19H21ClN2O4. The number of para-hydroxylation sites is 1. The van der Waals surface area contributed by atoms with Crippen LogP contribution in [0.3, 0.4) is 0 Å². The highest BCUT2D eigenvalue weighted by Crippen LogP contribution is 2.31. The molecule has 0 aliphatic rings. The van der Waals surface area contributed by atoms with Crippen LogP contribution in [-0.4, -0.2) is 23.5 Å². The number of nitriles is 1. The number of ether oxygens (including phenoxy) is 1. The van der Waals surface area contributed by atoms with Crippen LogP contribution < -0.4 is 5.32 Å². The van der Waals surface area contributed by atoms with E-state index in [2.05, 4.69) is 11.4 Å². The predicted octanol–water partition coefficient (Wildman–Crippen LogP) is 3.99. The first-order chi connectivity index (χ1) is 12.1. The number of furan rings is 1. The quantitative estimate of drug-likeness (QED) is 0.796. The third-order valence-electron chi connectivity index (χ3n) is 4.52. The zero-order valence-corrected chi connectivity index (χ0v) is 16.1. The van der Waals surface area contributed by atoms with Crippen molar-refractivity contribution in [1.29, 1.82) is 5.26 Å². The Balaban J connectivity index is 2.17. The Kier molecular flexibility index (Phi) is 5.62. The van der Waals surface area contributed by atoms with Gasteiger partial charge in [0.25, 0.3) is 5.91 Å². The summed E-state index contributed by atoms with van der Waals surface area (Å²) in [4.78, 5) is 24.7. The minimum atomic E-state index is -1.09. The molecule has 0 aliphatic carbocycles. The van der Waals surface area contributed by atoms with Crippen LogP contribution in [0.1, 0.15) is 43.8 Å². The molecule has 6 nitrogen and oxygen atoms in total. The number of esters is 1. The molecule has 2 atom stereocenters. The summed E-state index contributed by atoms with van der Waals surface area (Å²) >= 11 is 6.08. The van der Waals surface area contributed by atoms with E-state index >= 15 is 0 Å². The monoisotopic (exact) mass is 376 g/mol. The van der Waals surface area contributed by atoms with Crippen molar-refractivity contribution < 1.29 is 18.7 Å². The lowest BCUT2D eigenvalue weighted by molar-refractivity contribution is -0.130. The molecule has 2 rings (SSSR count). The Morgan fingerprint density at radius 2 is 2.00 bits per heavy atom. The van der Waals surface area contributed by atoms with Crippen LogP contribution in [0, 0.1) is 24.2 Å². The Morgan fingerprint density at radius 1 is 1.35 bits per heavy atom. The van der Waals surface area contributed by atoms with Crippen molar-refractivity contribution in [3.63, 3.8) is 0 Å². The number of carbonyl (C=O) groups is 2. The number of fused-ring (bicyclic) bond motifs is 1. The molecule has 1 heterocycles.